The van der Waals surface area contributed by atoms with Gasteiger partial charge < -0.3 is 9.88 Å². The minimum absolute atomic E-state index is 0.221. The van der Waals surface area contributed by atoms with Gasteiger partial charge in [-0.25, -0.2) is 9.37 Å². The van der Waals surface area contributed by atoms with E-state index in [2.05, 4.69) is 16.4 Å². The third kappa shape index (κ3) is 3.51. The first-order valence-electron chi connectivity index (χ1n) is 6.99. The third-order valence-electron chi connectivity index (χ3n) is 3.27. The van der Waals surface area contributed by atoms with Crippen molar-refractivity contribution in [2.24, 2.45) is 0 Å². The van der Waals surface area contributed by atoms with Crippen LogP contribution in [0.5, 0.6) is 0 Å². The molecule has 0 saturated carbocycles. The highest BCUT2D eigenvalue weighted by molar-refractivity contribution is 7.99. The highest BCUT2D eigenvalue weighted by atomic mass is 32.2. The number of hydrogen-bond donors (Lipinski definition) is 1. The SMILES string of the molecule is N#Cc1c(NC(=O)CCSc2ccccc2F)nc2n1CCS2. The predicted octanol–water partition coefficient (Wildman–Crippen LogP) is 3.12. The minimum atomic E-state index is -0.285. The number of nitrogens with one attached hydrogen (secondary N) is 1. The van der Waals surface area contributed by atoms with Crippen molar-refractivity contribution < 1.29 is 9.18 Å². The first-order valence-corrected chi connectivity index (χ1v) is 8.97. The van der Waals surface area contributed by atoms with E-state index in [0.29, 0.717) is 22.2 Å². The van der Waals surface area contributed by atoms with E-state index < -0.39 is 0 Å². The molecule has 2 aromatic rings. The van der Waals surface area contributed by atoms with Crippen molar-refractivity contribution >= 4 is 35.2 Å². The summed E-state index contributed by atoms with van der Waals surface area (Å²) in [6, 6.07) is 8.56. The zero-order valence-electron chi connectivity index (χ0n) is 12.1. The monoisotopic (exact) mass is 348 g/mol. The Balaban J connectivity index is 1.56. The fourth-order valence-electron chi connectivity index (χ4n) is 2.19. The highest BCUT2D eigenvalue weighted by Crippen LogP contribution is 2.30. The molecule has 2 heterocycles. The predicted molar refractivity (Wildman–Crippen MR) is 88.0 cm³/mol. The maximum atomic E-state index is 13.5. The molecule has 1 aliphatic heterocycles. The molecule has 1 N–H and O–H groups in total. The summed E-state index contributed by atoms with van der Waals surface area (Å²) in [7, 11) is 0. The van der Waals surface area contributed by atoms with Gasteiger partial charge in [0.25, 0.3) is 0 Å². The van der Waals surface area contributed by atoms with Gasteiger partial charge in [0, 0.05) is 29.4 Å². The van der Waals surface area contributed by atoms with Crippen LogP contribution in [0.25, 0.3) is 0 Å². The molecule has 5 nitrogen and oxygen atoms in total. The summed E-state index contributed by atoms with van der Waals surface area (Å²) in [5.74, 6) is 1.15. The van der Waals surface area contributed by atoms with Crippen molar-refractivity contribution in [3.8, 4) is 6.07 Å². The lowest BCUT2D eigenvalue weighted by Crippen LogP contribution is -2.14. The summed E-state index contributed by atoms with van der Waals surface area (Å²) in [6.45, 7) is 0.731. The van der Waals surface area contributed by atoms with Crippen molar-refractivity contribution in [2.75, 3.05) is 16.8 Å². The van der Waals surface area contributed by atoms with Gasteiger partial charge in [-0.2, -0.15) is 5.26 Å². The number of nitrogens with zero attached hydrogens (tertiary/aromatic N) is 3. The molecule has 118 valence electrons. The maximum absolute atomic E-state index is 13.5. The molecule has 0 radical (unpaired) electrons. The molecule has 3 rings (SSSR count). The number of benzene rings is 1. The summed E-state index contributed by atoms with van der Waals surface area (Å²) in [5.41, 5.74) is 0.389. The normalized spacial score (nSPS) is 12.7. The quantitative estimate of drug-likeness (QED) is 0.841. The number of imidazole rings is 1. The number of carbonyl (C=O) groups is 1. The molecular weight excluding hydrogens is 335 g/mol. The first kappa shape index (κ1) is 15.9. The van der Waals surface area contributed by atoms with Gasteiger partial charge in [-0.05, 0) is 12.1 Å². The van der Waals surface area contributed by atoms with Crippen LogP contribution in [-0.4, -0.2) is 27.0 Å². The van der Waals surface area contributed by atoms with Crippen LogP contribution in [0.1, 0.15) is 12.1 Å². The van der Waals surface area contributed by atoms with Crippen LogP contribution in [0.3, 0.4) is 0 Å². The van der Waals surface area contributed by atoms with Crippen LogP contribution in [-0.2, 0) is 11.3 Å². The number of nitriles is 1. The fourth-order valence-corrected chi connectivity index (χ4v) is 4.03. The van der Waals surface area contributed by atoms with E-state index in [9.17, 15) is 14.4 Å². The van der Waals surface area contributed by atoms with E-state index in [0.717, 1.165) is 17.5 Å². The van der Waals surface area contributed by atoms with Crippen LogP contribution in [0.2, 0.25) is 0 Å². The zero-order chi connectivity index (χ0) is 16.2. The van der Waals surface area contributed by atoms with Gasteiger partial charge in [0.15, 0.2) is 16.7 Å². The number of anilines is 1. The number of amides is 1. The molecule has 0 spiro atoms. The van der Waals surface area contributed by atoms with Crippen molar-refractivity contribution in [3.05, 3.63) is 35.8 Å². The summed E-state index contributed by atoms with van der Waals surface area (Å²) >= 11 is 2.86. The Hall–Kier alpha value is -1.98. The number of fused-ring (bicyclic) bond motifs is 1. The molecule has 1 amide bonds. The maximum Gasteiger partial charge on any atom is 0.226 e. The number of hydrogen-bond acceptors (Lipinski definition) is 5. The van der Waals surface area contributed by atoms with Gasteiger partial charge in [-0.15, -0.1) is 11.8 Å². The lowest BCUT2D eigenvalue weighted by atomic mass is 10.3. The van der Waals surface area contributed by atoms with Crippen LogP contribution in [0, 0.1) is 17.1 Å². The van der Waals surface area contributed by atoms with E-state index in [1.807, 2.05) is 4.57 Å². The third-order valence-corrected chi connectivity index (χ3v) is 5.27. The van der Waals surface area contributed by atoms with Gasteiger partial charge in [0.05, 0.1) is 0 Å². The van der Waals surface area contributed by atoms with Crippen LogP contribution < -0.4 is 5.32 Å². The molecule has 0 unspecified atom stereocenters. The zero-order valence-corrected chi connectivity index (χ0v) is 13.7. The first-order chi connectivity index (χ1) is 11.2. The second-order valence-electron chi connectivity index (χ2n) is 4.78. The van der Waals surface area contributed by atoms with E-state index in [1.54, 1.807) is 30.0 Å². The smallest absolute Gasteiger partial charge is 0.226 e. The number of thioether (sulfide) groups is 2. The van der Waals surface area contributed by atoms with Crippen molar-refractivity contribution in [2.45, 2.75) is 23.0 Å². The molecular formula is C15H13FN4OS2. The molecule has 1 aliphatic rings. The molecule has 1 aromatic carbocycles. The average molecular weight is 348 g/mol. The fraction of sp³-hybridized carbons (Fsp3) is 0.267. The molecule has 0 bridgehead atoms. The summed E-state index contributed by atoms with van der Waals surface area (Å²) in [6.07, 6.45) is 0.221. The van der Waals surface area contributed by atoms with Gasteiger partial charge in [0.1, 0.15) is 11.9 Å². The van der Waals surface area contributed by atoms with E-state index in [1.165, 1.54) is 17.8 Å². The van der Waals surface area contributed by atoms with E-state index >= 15 is 0 Å². The van der Waals surface area contributed by atoms with Crippen molar-refractivity contribution in [3.63, 3.8) is 0 Å². The lowest BCUT2D eigenvalue weighted by Gasteiger charge is -2.04. The minimum Gasteiger partial charge on any atom is -0.308 e. The van der Waals surface area contributed by atoms with E-state index in [4.69, 9.17) is 0 Å². The van der Waals surface area contributed by atoms with Gasteiger partial charge >= 0.3 is 0 Å². The van der Waals surface area contributed by atoms with E-state index in [-0.39, 0.29) is 18.1 Å². The van der Waals surface area contributed by atoms with Crippen LogP contribution in [0.4, 0.5) is 10.2 Å². The largest absolute Gasteiger partial charge is 0.308 e. The van der Waals surface area contributed by atoms with Crippen LogP contribution >= 0.6 is 23.5 Å². The summed E-state index contributed by atoms with van der Waals surface area (Å²) in [4.78, 5) is 16.8. The standard InChI is InChI=1S/C15H13FN4OS2/c16-10-3-1-2-4-12(10)22-7-5-13(21)18-14-11(9-17)20-6-8-23-15(20)19-14/h1-4H,5-8H2,(H,18,21). The summed E-state index contributed by atoms with van der Waals surface area (Å²) < 4.78 is 15.3. The Morgan fingerprint density at radius 3 is 3.13 bits per heavy atom. The Kier molecular flexibility index (Phi) is 4.88. The van der Waals surface area contributed by atoms with Crippen LogP contribution in [0.15, 0.2) is 34.3 Å². The second kappa shape index (κ2) is 7.06. The molecule has 0 saturated heterocycles. The van der Waals surface area contributed by atoms with Crippen molar-refractivity contribution in [1.29, 1.82) is 5.26 Å². The number of carbonyl (C=O) groups excluding carboxylic acids is 1. The topological polar surface area (TPSA) is 70.7 Å². The van der Waals surface area contributed by atoms with Gasteiger partial charge in [-0.3, -0.25) is 4.79 Å². The molecule has 1 aromatic heterocycles. The number of halogens is 1. The summed E-state index contributed by atoms with van der Waals surface area (Å²) in [5, 5.41) is 12.7. The Morgan fingerprint density at radius 1 is 1.52 bits per heavy atom. The molecule has 23 heavy (non-hydrogen) atoms. The van der Waals surface area contributed by atoms with Gasteiger partial charge in [0.2, 0.25) is 5.91 Å². The van der Waals surface area contributed by atoms with Crippen molar-refractivity contribution in [1.82, 2.24) is 9.55 Å². The molecule has 0 aliphatic carbocycles. The highest BCUT2D eigenvalue weighted by Gasteiger charge is 2.22. The Labute approximate surface area is 141 Å². The lowest BCUT2D eigenvalue weighted by molar-refractivity contribution is -0.115. The Bertz CT molecular complexity index is 784. The van der Waals surface area contributed by atoms with Gasteiger partial charge in [-0.1, -0.05) is 23.9 Å². The molecule has 8 heteroatoms. The number of rotatable bonds is 5. The number of aromatic nitrogens is 2. The second-order valence-corrected chi connectivity index (χ2v) is 6.98. The average Bonchev–Trinajstić information content (AvgIpc) is 3.09. The molecule has 0 atom stereocenters. The molecule has 0 fully saturated rings. The Morgan fingerprint density at radius 2 is 2.35 bits per heavy atom.